The fourth-order valence-electron chi connectivity index (χ4n) is 8.33. The second kappa shape index (κ2) is 19.3. The topological polar surface area (TPSA) is 73.8 Å². The van der Waals surface area contributed by atoms with Crippen molar-refractivity contribution in [3.63, 3.8) is 0 Å². The van der Waals surface area contributed by atoms with Gasteiger partial charge in [-0.1, -0.05) is 55.8 Å². The number of ether oxygens (including phenoxy) is 2. The lowest BCUT2D eigenvalue weighted by Gasteiger charge is -2.32. The smallest absolute Gasteiger partial charge is 0.490 e. The molecule has 8 nitrogen and oxygen atoms in total. The first-order valence-corrected chi connectivity index (χ1v) is 23.8. The van der Waals surface area contributed by atoms with Gasteiger partial charge in [-0.05, 0) is 200 Å². The zero-order valence-corrected chi connectivity index (χ0v) is 41.7. The van der Waals surface area contributed by atoms with E-state index in [0.29, 0.717) is 12.2 Å². The molecule has 2 aromatic carbocycles. The molecule has 0 N–H and O–H groups in total. The van der Waals surface area contributed by atoms with E-state index in [1.54, 1.807) is 0 Å². The summed E-state index contributed by atoms with van der Waals surface area (Å²) in [5, 5.41) is 0. The van der Waals surface area contributed by atoms with Gasteiger partial charge in [0.1, 0.15) is 11.5 Å². The van der Waals surface area contributed by atoms with Gasteiger partial charge >= 0.3 is 21.1 Å². The molecule has 7 rings (SSSR count). The largest absolute Gasteiger partial charge is 0.494 e. The first kappa shape index (κ1) is 49.5. The van der Waals surface area contributed by atoms with Crippen molar-refractivity contribution in [2.75, 3.05) is 0 Å². The Bertz CT molecular complexity index is 1560. The van der Waals surface area contributed by atoms with Gasteiger partial charge in [0.05, 0.1) is 45.8 Å². The Morgan fingerprint density at radius 2 is 0.733 bits per heavy atom. The van der Waals surface area contributed by atoms with Crippen LogP contribution >= 0.6 is 15.9 Å². The highest BCUT2D eigenvalue weighted by atomic mass is 79.9. The summed E-state index contributed by atoms with van der Waals surface area (Å²) in [6.45, 7) is 33.9. The third-order valence-electron chi connectivity index (χ3n) is 14.9. The molecule has 0 bridgehead atoms. The third kappa shape index (κ3) is 12.2. The van der Waals surface area contributed by atoms with Crippen molar-refractivity contribution in [2.24, 2.45) is 23.7 Å². The average molecular weight is 895 g/mol. The molecule has 334 valence electrons. The maximum atomic E-state index is 6.20. The van der Waals surface area contributed by atoms with Gasteiger partial charge in [0, 0.05) is 4.47 Å². The molecule has 0 unspecified atom stereocenters. The second-order valence-corrected chi connectivity index (χ2v) is 22.6. The van der Waals surface area contributed by atoms with E-state index in [1.807, 2.05) is 79.7 Å². The molecule has 3 heterocycles. The fraction of sp³-hybridized carbons (Fsp3) is 0.750. The van der Waals surface area contributed by atoms with Gasteiger partial charge in [0.2, 0.25) is 0 Å². The summed E-state index contributed by atoms with van der Waals surface area (Å²) in [6, 6.07) is 16.4. The highest BCUT2D eigenvalue weighted by Gasteiger charge is 2.63. The standard InChI is InChI=1S/C21H33BO3.C15H21BrO.C12H24B2O4/c1-15(2)16-7-11-18(12-8-16)23-19-13-9-17(10-14-19)22-24-20(3,4)21(5,6)25-22;1-11(2)12-3-7-14(8-4-12)17-15-9-5-13(16)6-10-15;1-9(2)10(3,4)16-13(15-9)14-17-11(5,6)12(7,8)18-14/h9-10,13-16,18H,7-8,11-12H2,1-6H3;5-6,9-12,14H,3-4,7-8H2,1-2H3;1-8H3. The van der Waals surface area contributed by atoms with Crippen LogP contribution in [0.15, 0.2) is 53.0 Å². The van der Waals surface area contributed by atoms with Crippen LogP contribution in [0.25, 0.3) is 0 Å². The maximum absolute atomic E-state index is 6.20. The van der Waals surface area contributed by atoms with Crippen molar-refractivity contribution in [1.29, 1.82) is 0 Å². The lowest BCUT2D eigenvalue weighted by atomic mass is 9.49. The van der Waals surface area contributed by atoms with E-state index in [-0.39, 0.29) is 40.7 Å². The van der Waals surface area contributed by atoms with Crippen molar-refractivity contribution in [3.8, 4) is 11.5 Å². The first-order valence-electron chi connectivity index (χ1n) is 23.0. The van der Waals surface area contributed by atoms with Gasteiger partial charge in [0.15, 0.2) is 0 Å². The Hall–Kier alpha value is -1.53. The summed E-state index contributed by atoms with van der Waals surface area (Å²) in [5.74, 6) is 5.34. The molecule has 5 fully saturated rings. The van der Waals surface area contributed by atoms with Crippen LogP contribution in [0.2, 0.25) is 0 Å². The normalized spacial score (nSPS) is 28.5. The maximum Gasteiger partial charge on any atom is 0.494 e. The number of halogens is 1. The quantitative estimate of drug-likeness (QED) is 0.243. The van der Waals surface area contributed by atoms with Gasteiger partial charge < -0.3 is 37.4 Å². The summed E-state index contributed by atoms with van der Waals surface area (Å²) < 4.78 is 49.4. The van der Waals surface area contributed by atoms with Crippen molar-refractivity contribution in [3.05, 3.63) is 53.0 Å². The molecule has 0 spiro atoms. The Morgan fingerprint density at radius 3 is 1.03 bits per heavy atom. The Kier molecular flexibility index (Phi) is 15.9. The van der Waals surface area contributed by atoms with Crippen molar-refractivity contribution in [1.82, 2.24) is 0 Å². The van der Waals surface area contributed by atoms with Crippen molar-refractivity contribution in [2.45, 2.75) is 208 Å². The minimum absolute atomic E-state index is 0.304. The third-order valence-corrected chi connectivity index (χ3v) is 15.4. The van der Waals surface area contributed by atoms with Crippen molar-refractivity contribution >= 4 is 42.5 Å². The Morgan fingerprint density at radius 1 is 0.450 bits per heavy atom. The number of benzene rings is 2. The number of rotatable bonds is 8. The molecule has 0 aromatic heterocycles. The number of hydrogen-bond donors (Lipinski definition) is 0. The van der Waals surface area contributed by atoms with E-state index in [2.05, 4.69) is 95.6 Å². The van der Waals surface area contributed by atoms with Crippen LogP contribution in [-0.2, 0) is 27.9 Å². The van der Waals surface area contributed by atoms with Crippen LogP contribution in [0, 0.1) is 23.7 Å². The molecule has 60 heavy (non-hydrogen) atoms. The van der Waals surface area contributed by atoms with Crippen LogP contribution in [0.4, 0.5) is 0 Å². The zero-order chi connectivity index (χ0) is 44.5. The van der Waals surface area contributed by atoms with E-state index in [0.717, 1.165) is 45.1 Å². The Balaban J connectivity index is 0.000000175. The predicted octanol–water partition coefficient (Wildman–Crippen LogP) is 11.9. The lowest BCUT2D eigenvalue weighted by molar-refractivity contribution is 0.00578. The molecule has 3 saturated heterocycles. The molecule has 0 radical (unpaired) electrons. The van der Waals surface area contributed by atoms with Crippen LogP contribution in [0.3, 0.4) is 0 Å². The van der Waals surface area contributed by atoms with Gasteiger partial charge in [-0.25, -0.2) is 0 Å². The lowest BCUT2D eigenvalue weighted by Crippen LogP contribution is -2.41. The van der Waals surface area contributed by atoms with E-state index in [9.17, 15) is 0 Å². The van der Waals surface area contributed by atoms with Crippen LogP contribution in [0.1, 0.15) is 162 Å². The summed E-state index contributed by atoms with van der Waals surface area (Å²) in [7, 11) is -1.26. The van der Waals surface area contributed by atoms with Crippen LogP contribution in [0.5, 0.6) is 11.5 Å². The minimum Gasteiger partial charge on any atom is -0.490 e. The van der Waals surface area contributed by atoms with Gasteiger partial charge in [0.25, 0.3) is 0 Å². The van der Waals surface area contributed by atoms with Gasteiger partial charge in [-0.3, -0.25) is 0 Å². The molecule has 0 amide bonds. The predicted molar refractivity (Wildman–Crippen MR) is 251 cm³/mol. The first-order chi connectivity index (χ1) is 27.7. The highest BCUT2D eigenvalue weighted by Crippen LogP contribution is 2.43. The molecule has 2 aliphatic carbocycles. The summed E-state index contributed by atoms with van der Waals surface area (Å²) >= 11 is 3.44. The zero-order valence-electron chi connectivity index (χ0n) is 40.1. The van der Waals surface area contributed by atoms with Crippen molar-refractivity contribution < 1.29 is 37.4 Å². The molecule has 0 atom stereocenters. The molecule has 12 heteroatoms. The van der Waals surface area contributed by atoms with E-state index in [1.165, 1.54) is 51.4 Å². The van der Waals surface area contributed by atoms with Gasteiger partial charge in [-0.2, -0.15) is 0 Å². The van der Waals surface area contributed by atoms with Crippen LogP contribution < -0.4 is 14.9 Å². The van der Waals surface area contributed by atoms with E-state index < -0.39 is 14.0 Å². The summed E-state index contributed by atoms with van der Waals surface area (Å²) in [5.41, 5.74) is -0.996. The molecule has 2 aromatic rings. The summed E-state index contributed by atoms with van der Waals surface area (Å²) in [4.78, 5) is 0. The molecular formula is C48H78B3BrO8. The van der Waals surface area contributed by atoms with E-state index in [4.69, 9.17) is 37.4 Å². The highest BCUT2D eigenvalue weighted by molar-refractivity contribution is 9.10. The molecule has 3 aliphatic heterocycles. The molecule has 5 aliphatic rings. The van der Waals surface area contributed by atoms with E-state index >= 15 is 0 Å². The van der Waals surface area contributed by atoms with Crippen LogP contribution in [-0.4, -0.2) is 67.0 Å². The molecule has 2 saturated carbocycles. The summed E-state index contributed by atoms with van der Waals surface area (Å²) in [6.07, 6.45) is 10.7. The Labute approximate surface area is 374 Å². The van der Waals surface area contributed by atoms with Gasteiger partial charge in [-0.15, -0.1) is 0 Å². The number of hydrogen-bond acceptors (Lipinski definition) is 8. The molecular weight excluding hydrogens is 817 g/mol. The SMILES string of the molecule is CC(C)C1CCC(Oc2ccc(B3OC(C)(C)C(C)(C)O3)cc2)CC1.CC(C)C1CCC(Oc2ccc(Br)cc2)CC1.CC1(C)OB(B2OC(C)(C)C(C)(C)O2)OC1(C)C. The minimum atomic E-state index is -0.476. The fourth-order valence-corrected chi connectivity index (χ4v) is 8.59. The second-order valence-electron chi connectivity index (χ2n) is 21.7. The average Bonchev–Trinajstić information content (AvgIpc) is 3.63. The monoisotopic (exact) mass is 895 g/mol.